The van der Waals surface area contributed by atoms with Gasteiger partial charge in [-0.1, -0.05) is 26.3 Å². The lowest BCUT2D eigenvalue weighted by molar-refractivity contribution is -0.113. The first-order chi connectivity index (χ1) is 10.2. The molecule has 6 heteroatoms. The summed E-state index contributed by atoms with van der Waals surface area (Å²) in [5.41, 5.74) is -0.596. The van der Waals surface area contributed by atoms with E-state index in [2.05, 4.69) is 10.3 Å². The van der Waals surface area contributed by atoms with Crippen LogP contribution in [0.15, 0.2) is 29.4 Å². The number of alkyl carbamates (subject to hydrolysis) is 1. The molecule has 1 aromatic heterocycles. The fourth-order valence-electron chi connectivity index (χ4n) is 1.68. The molecule has 1 N–H and O–H groups in total. The van der Waals surface area contributed by atoms with Crippen molar-refractivity contribution in [2.45, 2.75) is 57.7 Å². The first-order valence-electron chi connectivity index (χ1n) is 7.35. The summed E-state index contributed by atoms with van der Waals surface area (Å²) in [6, 6.07) is 4.78. The number of hydrogen-bond acceptors (Lipinski definition) is 5. The molecule has 0 aliphatic carbocycles. The first-order valence-corrected chi connectivity index (χ1v) is 8.17. The zero-order valence-corrected chi connectivity index (χ0v) is 14.6. The summed E-state index contributed by atoms with van der Waals surface area (Å²) in [7, 11) is 0. The zero-order chi connectivity index (χ0) is 16.8. The van der Waals surface area contributed by atoms with Crippen molar-refractivity contribution < 1.29 is 14.3 Å². The van der Waals surface area contributed by atoms with Gasteiger partial charge in [0.05, 0.1) is 0 Å². The molecule has 5 nitrogen and oxygen atoms in total. The fourth-order valence-corrected chi connectivity index (χ4v) is 2.56. The van der Waals surface area contributed by atoms with Crippen LogP contribution in [0.3, 0.4) is 0 Å². The smallest absolute Gasteiger partial charge is 0.408 e. The number of carbonyl (C=O) groups is 2. The van der Waals surface area contributed by atoms with E-state index in [0.717, 1.165) is 18.2 Å². The highest BCUT2D eigenvalue weighted by atomic mass is 32.2. The van der Waals surface area contributed by atoms with Crippen LogP contribution >= 0.6 is 11.8 Å². The maximum Gasteiger partial charge on any atom is 0.408 e. The quantitative estimate of drug-likeness (QED) is 0.838. The van der Waals surface area contributed by atoms with Crippen molar-refractivity contribution in [2.75, 3.05) is 0 Å². The standard InChI is InChI=1S/C16H24N2O3S/c1-6-11(2)13(18-15(20)21-16(3,4)5)14(19)22-12-9-7-8-10-17-12/h7-11,13H,6H2,1-5H3,(H,18,20). The number of thioether (sulfide) groups is 1. The summed E-state index contributed by atoms with van der Waals surface area (Å²) in [6.45, 7) is 9.27. The molecule has 0 bridgehead atoms. The SMILES string of the molecule is CCC(C)C(NC(=O)OC(C)(C)C)C(=O)Sc1ccccn1. The van der Waals surface area contributed by atoms with Gasteiger partial charge >= 0.3 is 6.09 Å². The van der Waals surface area contributed by atoms with Gasteiger partial charge in [0.25, 0.3) is 0 Å². The van der Waals surface area contributed by atoms with Crippen molar-refractivity contribution in [1.29, 1.82) is 0 Å². The van der Waals surface area contributed by atoms with Gasteiger partial charge in [-0.2, -0.15) is 0 Å². The minimum atomic E-state index is -0.605. The van der Waals surface area contributed by atoms with Gasteiger partial charge in [-0.05, 0) is 50.6 Å². The van der Waals surface area contributed by atoms with Crippen LogP contribution in [0.4, 0.5) is 4.79 Å². The molecule has 0 spiro atoms. The maximum atomic E-state index is 12.5. The van der Waals surface area contributed by atoms with Gasteiger partial charge in [0.15, 0.2) is 0 Å². The van der Waals surface area contributed by atoms with Crippen molar-refractivity contribution in [3.05, 3.63) is 24.4 Å². The van der Waals surface area contributed by atoms with Crippen LogP contribution in [0.5, 0.6) is 0 Å². The van der Waals surface area contributed by atoms with Gasteiger partial charge in [-0.25, -0.2) is 9.78 Å². The predicted molar refractivity (Wildman–Crippen MR) is 87.7 cm³/mol. The van der Waals surface area contributed by atoms with Crippen molar-refractivity contribution in [2.24, 2.45) is 5.92 Å². The second kappa shape index (κ2) is 8.17. The monoisotopic (exact) mass is 324 g/mol. The first kappa shape index (κ1) is 18.5. The molecule has 1 amide bonds. The largest absolute Gasteiger partial charge is 0.444 e. The summed E-state index contributed by atoms with van der Waals surface area (Å²) in [4.78, 5) is 28.5. The van der Waals surface area contributed by atoms with Crippen LogP contribution in [-0.4, -0.2) is 27.8 Å². The predicted octanol–water partition coefficient (Wildman–Crippen LogP) is 3.64. The molecular weight excluding hydrogens is 300 g/mol. The molecule has 0 aliphatic rings. The molecule has 122 valence electrons. The van der Waals surface area contributed by atoms with Gasteiger partial charge in [0, 0.05) is 6.20 Å². The van der Waals surface area contributed by atoms with Gasteiger partial charge in [0.1, 0.15) is 16.7 Å². The molecular formula is C16H24N2O3S. The number of carbonyl (C=O) groups excluding carboxylic acids is 2. The second-order valence-corrected chi connectivity index (χ2v) is 7.12. The summed E-state index contributed by atoms with van der Waals surface area (Å²) >= 11 is 1.04. The Bertz CT molecular complexity index is 500. The van der Waals surface area contributed by atoms with E-state index < -0.39 is 17.7 Å². The second-order valence-electron chi connectivity index (χ2n) is 6.10. The number of hydrogen-bond donors (Lipinski definition) is 1. The third-order valence-corrected chi connectivity index (χ3v) is 3.89. The highest BCUT2D eigenvalue weighted by molar-refractivity contribution is 8.13. The molecule has 2 unspecified atom stereocenters. The molecule has 1 aromatic rings. The van der Waals surface area contributed by atoms with E-state index in [0.29, 0.717) is 5.03 Å². The van der Waals surface area contributed by atoms with Crippen molar-refractivity contribution in [1.82, 2.24) is 10.3 Å². The molecule has 1 heterocycles. The Kier molecular flexibility index (Phi) is 6.87. The van der Waals surface area contributed by atoms with Gasteiger partial charge < -0.3 is 10.1 Å². The van der Waals surface area contributed by atoms with E-state index in [4.69, 9.17) is 4.74 Å². The highest BCUT2D eigenvalue weighted by Crippen LogP contribution is 2.22. The van der Waals surface area contributed by atoms with Gasteiger partial charge in [-0.15, -0.1) is 0 Å². The Labute approximate surface area is 136 Å². The molecule has 0 aliphatic heterocycles. The topological polar surface area (TPSA) is 68.3 Å². The van der Waals surface area contributed by atoms with Gasteiger partial charge in [-0.3, -0.25) is 4.79 Å². The fraction of sp³-hybridized carbons (Fsp3) is 0.562. The summed E-state index contributed by atoms with van der Waals surface area (Å²) in [5, 5.41) is 3.16. The Morgan fingerprint density at radius 3 is 2.55 bits per heavy atom. The minimum Gasteiger partial charge on any atom is -0.444 e. The van der Waals surface area contributed by atoms with Gasteiger partial charge in [0.2, 0.25) is 5.12 Å². The van der Waals surface area contributed by atoms with Crippen LogP contribution in [0.1, 0.15) is 41.0 Å². The Balaban J connectivity index is 2.75. The summed E-state index contributed by atoms with van der Waals surface area (Å²) < 4.78 is 5.24. The highest BCUT2D eigenvalue weighted by Gasteiger charge is 2.29. The van der Waals surface area contributed by atoms with Crippen molar-refractivity contribution in [3.63, 3.8) is 0 Å². The molecule has 22 heavy (non-hydrogen) atoms. The molecule has 0 radical (unpaired) electrons. The third kappa shape index (κ3) is 6.47. The van der Waals surface area contributed by atoms with E-state index in [9.17, 15) is 9.59 Å². The van der Waals surface area contributed by atoms with Crippen LogP contribution in [0.25, 0.3) is 0 Å². The number of pyridine rings is 1. The number of nitrogens with one attached hydrogen (secondary N) is 1. The van der Waals surface area contributed by atoms with Crippen LogP contribution in [-0.2, 0) is 9.53 Å². The number of ether oxygens (including phenoxy) is 1. The lowest BCUT2D eigenvalue weighted by Gasteiger charge is -2.25. The van der Waals surface area contributed by atoms with Crippen molar-refractivity contribution in [3.8, 4) is 0 Å². The molecule has 0 saturated heterocycles. The van der Waals surface area contributed by atoms with Crippen LogP contribution < -0.4 is 5.32 Å². The number of amides is 1. The molecule has 2 atom stereocenters. The molecule has 1 rings (SSSR count). The van der Waals surface area contributed by atoms with E-state index >= 15 is 0 Å². The van der Waals surface area contributed by atoms with E-state index in [1.807, 2.05) is 19.9 Å². The maximum absolute atomic E-state index is 12.5. The van der Waals surface area contributed by atoms with E-state index in [1.54, 1.807) is 39.1 Å². The number of aromatic nitrogens is 1. The van der Waals surface area contributed by atoms with E-state index in [1.165, 1.54) is 0 Å². The Morgan fingerprint density at radius 2 is 2.05 bits per heavy atom. The zero-order valence-electron chi connectivity index (χ0n) is 13.8. The molecule has 0 aromatic carbocycles. The lowest BCUT2D eigenvalue weighted by Crippen LogP contribution is -2.46. The van der Waals surface area contributed by atoms with E-state index in [-0.39, 0.29) is 11.0 Å². The number of rotatable bonds is 5. The minimum absolute atomic E-state index is 0.0104. The Hall–Kier alpha value is -1.56. The lowest BCUT2D eigenvalue weighted by atomic mass is 10.0. The van der Waals surface area contributed by atoms with Crippen LogP contribution in [0, 0.1) is 5.92 Å². The summed E-state index contributed by atoms with van der Waals surface area (Å²) in [5.74, 6) is 0.0104. The third-order valence-electron chi connectivity index (χ3n) is 2.98. The van der Waals surface area contributed by atoms with Crippen LogP contribution in [0.2, 0.25) is 0 Å². The van der Waals surface area contributed by atoms with Crippen molar-refractivity contribution >= 4 is 23.0 Å². The average Bonchev–Trinajstić information content (AvgIpc) is 2.43. The normalized spacial score (nSPS) is 14.0. The average molecular weight is 324 g/mol. The molecule has 0 fully saturated rings. The number of nitrogens with zero attached hydrogens (tertiary/aromatic N) is 1. The summed E-state index contributed by atoms with van der Waals surface area (Å²) in [6.07, 6.45) is 1.83. The molecule has 0 saturated carbocycles. The Morgan fingerprint density at radius 1 is 1.36 bits per heavy atom.